The lowest BCUT2D eigenvalue weighted by atomic mass is 10.2. The Balaban J connectivity index is 2.08. The molecule has 0 aliphatic rings. The number of hydrogen-bond acceptors (Lipinski definition) is 4. The van der Waals surface area contributed by atoms with E-state index in [0.29, 0.717) is 15.6 Å². The molecule has 0 spiro atoms. The van der Waals surface area contributed by atoms with E-state index in [1.165, 1.54) is 26.2 Å². The molecule has 2 N–H and O–H groups in total. The van der Waals surface area contributed by atoms with Crippen LogP contribution in [0.4, 0.5) is 4.39 Å². The number of ether oxygens (including phenoxy) is 1. The van der Waals surface area contributed by atoms with Crippen LogP contribution >= 0.6 is 23.2 Å². The highest BCUT2D eigenvalue weighted by Gasteiger charge is 2.25. The van der Waals surface area contributed by atoms with Gasteiger partial charge in [-0.3, -0.25) is 4.79 Å². The summed E-state index contributed by atoms with van der Waals surface area (Å²) in [6.07, 6.45) is 0. The number of carbonyl (C=O) groups excluding carboxylic acids is 1. The Morgan fingerprint density at radius 3 is 2.56 bits per heavy atom. The molecular weight excluding hydrogens is 418 g/mol. The van der Waals surface area contributed by atoms with Crippen molar-refractivity contribution in [3.63, 3.8) is 0 Å². The molecule has 0 aliphatic heterocycles. The Bertz CT molecular complexity index is 954. The average molecular weight is 435 g/mol. The van der Waals surface area contributed by atoms with Crippen LogP contribution in [0.2, 0.25) is 10.0 Å². The molecule has 1 unspecified atom stereocenters. The number of sulfonamides is 1. The molecule has 0 bridgehead atoms. The summed E-state index contributed by atoms with van der Waals surface area (Å²) in [5.41, 5.74) is 0.622. The Labute approximate surface area is 166 Å². The van der Waals surface area contributed by atoms with E-state index in [9.17, 15) is 17.6 Å². The summed E-state index contributed by atoms with van der Waals surface area (Å²) in [4.78, 5) is 11.8. The van der Waals surface area contributed by atoms with Gasteiger partial charge in [0.2, 0.25) is 15.9 Å². The number of halogens is 3. The highest BCUT2D eigenvalue weighted by molar-refractivity contribution is 7.89. The Morgan fingerprint density at radius 2 is 1.93 bits per heavy atom. The molecule has 1 amide bonds. The van der Waals surface area contributed by atoms with Crippen molar-refractivity contribution in [1.82, 2.24) is 10.0 Å². The summed E-state index contributed by atoms with van der Waals surface area (Å²) in [6, 6.07) is 6.77. The lowest BCUT2D eigenvalue weighted by Gasteiger charge is -2.16. The standard InChI is InChI=1S/C17H17Cl2FN2O4S/c1-10(17(23)21-9-11-3-4-12(18)7-14(11)19)22-27(24,25)16-8-13(20)5-6-15(16)26-2/h3-8,10,22H,9H2,1-2H3,(H,21,23). The topological polar surface area (TPSA) is 84.5 Å². The van der Waals surface area contributed by atoms with Crippen LogP contribution in [0.25, 0.3) is 0 Å². The highest BCUT2D eigenvalue weighted by atomic mass is 35.5. The van der Waals surface area contributed by atoms with Crippen LogP contribution in [0.1, 0.15) is 12.5 Å². The van der Waals surface area contributed by atoms with E-state index in [1.54, 1.807) is 12.1 Å². The smallest absolute Gasteiger partial charge is 0.245 e. The fourth-order valence-electron chi connectivity index (χ4n) is 2.21. The van der Waals surface area contributed by atoms with Gasteiger partial charge in [-0.15, -0.1) is 0 Å². The van der Waals surface area contributed by atoms with Crippen LogP contribution in [-0.2, 0) is 21.4 Å². The molecular formula is C17H17Cl2FN2O4S. The van der Waals surface area contributed by atoms with Crippen LogP contribution < -0.4 is 14.8 Å². The van der Waals surface area contributed by atoms with Crippen molar-refractivity contribution in [3.8, 4) is 5.75 Å². The van der Waals surface area contributed by atoms with Crippen molar-refractivity contribution in [2.24, 2.45) is 0 Å². The van der Waals surface area contributed by atoms with Crippen LogP contribution in [0.15, 0.2) is 41.3 Å². The summed E-state index contributed by atoms with van der Waals surface area (Å²) < 4.78 is 45.5. The third-order valence-electron chi connectivity index (χ3n) is 3.61. The third kappa shape index (κ3) is 5.55. The SMILES string of the molecule is COc1ccc(F)cc1S(=O)(=O)NC(C)C(=O)NCc1ccc(Cl)cc1Cl. The van der Waals surface area contributed by atoms with E-state index >= 15 is 0 Å². The molecule has 0 radical (unpaired) electrons. The van der Waals surface area contributed by atoms with E-state index in [0.717, 1.165) is 12.1 Å². The van der Waals surface area contributed by atoms with Gasteiger partial charge < -0.3 is 10.1 Å². The lowest BCUT2D eigenvalue weighted by Crippen LogP contribution is -2.44. The molecule has 0 saturated heterocycles. The maximum absolute atomic E-state index is 13.4. The fraction of sp³-hybridized carbons (Fsp3) is 0.235. The summed E-state index contributed by atoms with van der Waals surface area (Å²) >= 11 is 11.8. The number of amides is 1. The zero-order valence-corrected chi connectivity index (χ0v) is 16.8. The van der Waals surface area contributed by atoms with Crippen molar-refractivity contribution < 1.29 is 22.3 Å². The van der Waals surface area contributed by atoms with Gasteiger partial charge in [0.15, 0.2) is 0 Å². The van der Waals surface area contributed by atoms with Crippen LogP contribution in [0, 0.1) is 5.82 Å². The number of carbonyl (C=O) groups is 1. The van der Waals surface area contributed by atoms with Gasteiger partial charge in [-0.25, -0.2) is 12.8 Å². The van der Waals surface area contributed by atoms with Gasteiger partial charge in [-0.2, -0.15) is 4.72 Å². The van der Waals surface area contributed by atoms with Crippen molar-refractivity contribution in [1.29, 1.82) is 0 Å². The van der Waals surface area contributed by atoms with Gasteiger partial charge in [0.1, 0.15) is 16.5 Å². The van der Waals surface area contributed by atoms with E-state index < -0.39 is 32.7 Å². The Morgan fingerprint density at radius 1 is 1.22 bits per heavy atom. The maximum atomic E-state index is 13.4. The minimum Gasteiger partial charge on any atom is -0.495 e. The van der Waals surface area contributed by atoms with Gasteiger partial charge in [-0.05, 0) is 42.8 Å². The minimum absolute atomic E-state index is 0.0375. The molecule has 27 heavy (non-hydrogen) atoms. The first-order chi connectivity index (χ1) is 12.6. The summed E-state index contributed by atoms with van der Waals surface area (Å²) in [6.45, 7) is 1.45. The number of hydrogen-bond donors (Lipinski definition) is 2. The first-order valence-corrected chi connectivity index (χ1v) is 9.95. The molecule has 146 valence electrons. The molecule has 6 nitrogen and oxygen atoms in total. The normalized spacial score (nSPS) is 12.5. The summed E-state index contributed by atoms with van der Waals surface area (Å²) in [5.74, 6) is -1.37. The molecule has 2 aromatic carbocycles. The van der Waals surface area contributed by atoms with Crippen molar-refractivity contribution in [2.75, 3.05) is 7.11 Å². The van der Waals surface area contributed by atoms with Gasteiger partial charge in [0, 0.05) is 16.6 Å². The second-order valence-corrected chi connectivity index (χ2v) is 8.12. The molecule has 2 rings (SSSR count). The summed E-state index contributed by atoms with van der Waals surface area (Å²) in [5, 5.41) is 3.41. The monoisotopic (exact) mass is 434 g/mol. The van der Waals surface area contributed by atoms with Gasteiger partial charge in [-0.1, -0.05) is 29.3 Å². The average Bonchev–Trinajstić information content (AvgIpc) is 2.60. The van der Waals surface area contributed by atoms with E-state index in [-0.39, 0.29) is 12.3 Å². The first kappa shape index (κ1) is 21.4. The molecule has 0 saturated carbocycles. The number of nitrogens with one attached hydrogen (secondary N) is 2. The van der Waals surface area contributed by atoms with Crippen LogP contribution in [0.3, 0.4) is 0 Å². The predicted octanol–water partition coefficient (Wildman–Crippen LogP) is 3.12. The number of methoxy groups -OCH3 is 1. The molecule has 0 fully saturated rings. The molecule has 0 heterocycles. The van der Waals surface area contributed by atoms with Crippen molar-refractivity contribution >= 4 is 39.1 Å². The summed E-state index contributed by atoms with van der Waals surface area (Å²) in [7, 11) is -2.92. The largest absolute Gasteiger partial charge is 0.495 e. The second kappa shape index (κ2) is 8.88. The van der Waals surface area contributed by atoms with Crippen LogP contribution in [-0.4, -0.2) is 27.5 Å². The highest BCUT2D eigenvalue weighted by Crippen LogP contribution is 2.24. The molecule has 0 aromatic heterocycles. The molecule has 0 aliphatic carbocycles. The molecule has 1 atom stereocenters. The lowest BCUT2D eigenvalue weighted by molar-refractivity contribution is -0.122. The first-order valence-electron chi connectivity index (χ1n) is 7.71. The van der Waals surface area contributed by atoms with E-state index in [1.807, 2.05) is 0 Å². The number of rotatable bonds is 7. The van der Waals surface area contributed by atoms with E-state index in [2.05, 4.69) is 10.0 Å². The number of benzene rings is 2. The Hall–Kier alpha value is -1.87. The third-order valence-corrected chi connectivity index (χ3v) is 5.76. The maximum Gasteiger partial charge on any atom is 0.245 e. The van der Waals surface area contributed by atoms with Gasteiger partial charge in [0.05, 0.1) is 13.2 Å². The van der Waals surface area contributed by atoms with Gasteiger partial charge >= 0.3 is 0 Å². The Kier molecular flexibility index (Phi) is 7.05. The van der Waals surface area contributed by atoms with Crippen LogP contribution in [0.5, 0.6) is 5.75 Å². The zero-order valence-electron chi connectivity index (χ0n) is 14.4. The van der Waals surface area contributed by atoms with Gasteiger partial charge in [0.25, 0.3) is 0 Å². The quantitative estimate of drug-likeness (QED) is 0.700. The predicted molar refractivity (Wildman–Crippen MR) is 101 cm³/mol. The minimum atomic E-state index is -4.19. The van der Waals surface area contributed by atoms with Crippen molar-refractivity contribution in [3.05, 3.63) is 57.8 Å². The van der Waals surface area contributed by atoms with E-state index in [4.69, 9.17) is 27.9 Å². The molecule has 10 heteroatoms. The fourth-order valence-corrected chi connectivity index (χ4v) is 4.07. The molecule has 2 aromatic rings. The van der Waals surface area contributed by atoms with Crippen molar-refractivity contribution in [2.45, 2.75) is 24.4 Å². The second-order valence-electron chi connectivity index (χ2n) is 5.59. The zero-order chi connectivity index (χ0) is 20.2.